The zero-order valence-electron chi connectivity index (χ0n) is 20.8. The van der Waals surface area contributed by atoms with Crippen molar-refractivity contribution in [2.24, 2.45) is 0 Å². The lowest BCUT2D eigenvalue weighted by Gasteiger charge is -2.40. The van der Waals surface area contributed by atoms with Crippen LogP contribution in [0.5, 0.6) is 0 Å². The Bertz CT molecular complexity index is 997. The van der Waals surface area contributed by atoms with E-state index in [-0.39, 0.29) is 11.7 Å². The van der Waals surface area contributed by atoms with Crippen LogP contribution in [0, 0.1) is 25.2 Å². The molecule has 0 saturated carbocycles. The number of carbonyl (C=O) groups excluding carboxylic acids is 2. The number of hydrogen-bond acceptors (Lipinski definition) is 6. The Balaban J connectivity index is 1.48. The van der Waals surface area contributed by atoms with E-state index in [0.717, 1.165) is 44.3 Å². The van der Waals surface area contributed by atoms with E-state index in [1.807, 2.05) is 13.8 Å². The molecule has 1 amide bonds. The zero-order chi connectivity index (χ0) is 24.7. The topological polar surface area (TPSA) is 77.3 Å². The highest BCUT2D eigenvalue weighted by molar-refractivity contribution is 7.07. The second kappa shape index (κ2) is 12.2. The average Bonchev–Trinajstić information content (AvgIpc) is 3.35. The number of Topliss-reactive ketones (excluding diaryl/α,β-unsaturated/α-hetero) is 1. The van der Waals surface area contributed by atoms with E-state index in [1.54, 1.807) is 24.3 Å². The van der Waals surface area contributed by atoms with Gasteiger partial charge >= 0.3 is 0 Å². The molecule has 1 saturated heterocycles. The van der Waals surface area contributed by atoms with Crippen LogP contribution in [-0.4, -0.2) is 51.6 Å². The number of thiophene rings is 1. The number of piperidine rings is 1. The summed E-state index contributed by atoms with van der Waals surface area (Å²) in [5.41, 5.74) is 3.72. The molecule has 1 aliphatic rings. The third kappa shape index (κ3) is 6.52. The monoisotopic (exact) mass is 480 g/mol. The summed E-state index contributed by atoms with van der Waals surface area (Å²) in [7, 11) is 0. The van der Waals surface area contributed by atoms with Gasteiger partial charge < -0.3 is 9.80 Å². The summed E-state index contributed by atoms with van der Waals surface area (Å²) >= 11 is 1.68. The van der Waals surface area contributed by atoms with Crippen molar-refractivity contribution in [1.29, 1.82) is 5.26 Å². The molecule has 6 nitrogen and oxygen atoms in total. The molecule has 1 atom stereocenters. The van der Waals surface area contributed by atoms with Crippen molar-refractivity contribution in [2.75, 3.05) is 13.1 Å². The lowest BCUT2D eigenvalue weighted by Crippen LogP contribution is -2.48. The van der Waals surface area contributed by atoms with E-state index in [1.165, 1.54) is 5.56 Å². The molecule has 7 heteroatoms. The molecule has 1 fully saturated rings. The fourth-order valence-corrected chi connectivity index (χ4v) is 5.68. The average molecular weight is 481 g/mol. The van der Waals surface area contributed by atoms with Crippen LogP contribution < -0.4 is 0 Å². The number of pyridine rings is 1. The summed E-state index contributed by atoms with van der Waals surface area (Å²) < 4.78 is 0. The molecule has 0 aromatic carbocycles. The summed E-state index contributed by atoms with van der Waals surface area (Å²) in [4.78, 5) is 34.3. The molecule has 1 aliphatic heterocycles. The standard InChI is InChI=1S/C27H36N4O2S/c1-5-26(33)31(17-22-11-14-34-18-22)24-9-12-30(13-10-24)20(3)7-6-8-25(32)27-19(2)15-23(16-28)29-21(27)4/h11,14-15,18,20,24H,5-10,12-13,17H2,1-4H3/t20-/m1/s1. The maximum atomic E-state index is 12.8. The molecule has 3 heterocycles. The minimum atomic E-state index is 0.111. The van der Waals surface area contributed by atoms with Crippen LogP contribution in [0.3, 0.4) is 0 Å². The van der Waals surface area contributed by atoms with Gasteiger partial charge in [-0.05, 0) is 80.5 Å². The number of hydrogen-bond donors (Lipinski definition) is 0. The van der Waals surface area contributed by atoms with Crippen molar-refractivity contribution in [3.63, 3.8) is 0 Å². The van der Waals surface area contributed by atoms with Crippen LogP contribution in [-0.2, 0) is 11.3 Å². The van der Waals surface area contributed by atoms with Gasteiger partial charge in [0.25, 0.3) is 0 Å². The van der Waals surface area contributed by atoms with E-state index >= 15 is 0 Å². The third-order valence-corrected chi connectivity index (χ3v) is 7.67. The molecule has 0 radical (unpaired) electrons. The van der Waals surface area contributed by atoms with Gasteiger partial charge in [-0.1, -0.05) is 6.92 Å². The lowest BCUT2D eigenvalue weighted by molar-refractivity contribution is -0.135. The third-order valence-electron chi connectivity index (χ3n) is 6.94. The van der Waals surface area contributed by atoms with Gasteiger partial charge in [0.15, 0.2) is 5.78 Å². The van der Waals surface area contributed by atoms with Crippen LogP contribution in [0.15, 0.2) is 22.9 Å². The first-order chi connectivity index (χ1) is 16.3. The van der Waals surface area contributed by atoms with Crippen molar-refractivity contribution >= 4 is 23.0 Å². The Hall–Kier alpha value is -2.56. The van der Waals surface area contributed by atoms with Crippen LogP contribution in [0.1, 0.15) is 85.2 Å². The van der Waals surface area contributed by atoms with Gasteiger partial charge in [0, 0.05) is 55.8 Å². The number of aryl methyl sites for hydroxylation is 2. The lowest BCUT2D eigenvalue weighted by atomic mass is 9.96. The fourth-order valence-electron chi connectivity index (χ4n) is 5.02. The molecule has 2 aromatic heterocycles. The molecule has 0 aliphatic carbocycles. The molecule has 3 rings (SSSR count). The predicted molar refractivity (Wildman–Crippen MR) is 136 cm³/mol. The summed E-state index contributed by atoms with van der Waals surface area (Å²) in [6, 6.07) is 6.55. The maximum Gasteiger partial charge on any atom is 0.222 e. The van der Waals surface area contributed by atoms with Gasteiger partial charge in [-0.15, -0.1) is 0 Å². The molecular weight excluding hydrogens is 444 g/mol. The van der Waals surface area contributed by atoms with Crippen molar-refractivity contribution in [3.8, 4) is 6.07 Å². The summed E-state index contributed by atoms with van der Waals surface area (Å²) in [6.07, 6.45) is 4.82. The van der Waals surface area contributed by atoms with E-state index in [2.05, 4.69) is 44.6 Å². The predicted octanol–water partition coefficient (Wildman–Crippen LogP) is 5.28. The summed E-state index contributed by atoms with van der Waals surface area (Å²) in [6.45, 7) is 10.5. The quantitative estimate of drug-likeness (QED) is 0.433. The SMILES string of the molecule is CCC(=O)N(Cc1ccsc1)C1CCN([C@H](C)CCCC(=O)c2c(C)cc(C#N)nc2C)CC1. The molecular formula is C27H36N4O2S. The first-order valence-electron chi connectivity index (χ1n) is 12.3. The Morgan fingerprint density at radius 1 is 1.32 bits per heavy atom. The maximum absolute atomic E-state index is 12.8. The number of carbonyl (C=O) groups is 2. The Morgan fingerprint density at radius 3 is 2.65 bits per heavy atom. The normalized spacial score (nSPS) is 15.6. The van der Waals surface area contributed by atoms with Crippen molar-refractivity contribution in [1.82, 2.24) is 14.8 Å². The second-order valence-electron chi connectivity index (χ2n) is 9.33. The van der Waals surface area contributed by atoms with Crippen LogP contribution in [0.4, 0.5) is 0 Å². The molecule has 0 spiro atoms. The Kier molecular flexibility index (Phi) is 9.37. The number of nitrogens with zero attached hydrogens (tertiary/aromatic N) is 4. The summed E-state index contributed by atoms with van der Waals surface area (Å²) in [5, 5.41) is 13.3. The highest BCUT2D eigenvalue weighted by Gasteiger charge is 2.29. The van der Waals surface area contributed by atoms with Crippen LogP contribution in [0.2, 0.25) is 0 Å². The number of aromatic nitrogens is 1. The van der Waals surface area contributed by atoms with Crippen LogP contribution in [0.25, 0.3) is 0 Å². The van der Waals surface area contributed by atoms with Crippen molar-refractivity contribution in [3.05, 3.63) is 51.0 Å². The molecule has 0 unspecified atom stereocenters. The molecule has 34 heavy (non-hydrogen) atoms. The fraction of sp³-hybridized carbons (Fsp3) is 0.556. The number of nitriles is 1. The molecule has 182 valence electrons. The van der Waals surface area contributed by atoms with E-state index in [0.29, 0.717) is 48.4 Å². The van der Waals surface area contributed by atoms with Gasteiger partial charge in [0.2, 0.25) is 5.91 Å². The highest BCUT2D eigenvalue weighted by Crippen LogP contribution is 2.24. The van der Waals surface area contributed by atoms with Gasteiger partial charge in [-0.2, -0.15) is 16.6 Å². The molecule has 0 bridgehead atoms. The largest absolute Gasteiger partial charge is 0.335 e. The first kappa shape index (κ1) is 26.1. The zero-order valence-corrected chi connectivity index (χ0v) is 21.7. The van der Waals surface area contributed by atoms with Gasteiger partial charge in [-0.25, -0.2) is 4.98 Å². The minimum absolute atomic E-state index is 0.111. The minimum Gasteiger partial charge on any atom is -0.335 e. The highest BCUT2D eigenvalue weighted by atomic mass is 32.1. The first-order valence-corrected chi connectivity index (χ1v) is 13.2. The summed E-state index contributed by atoms with van der Waals surface area (Å²) in [5.74, 6) is 0.346. The molecule has 2 aromatic rings. The smallest absolute Gasteiger partial charge is 0.222 e. The number of ketones is 1. The van der Waals surface area contributed by atoms with E-state index in [9.17, 15) is 9.59 Å². The number of likely N-dealkylation sites (tertiary alicyclic amines) is 1. The van der Waals surface area contributed by atoms with Gasteiger partial charge in [0.1, 0.15) is 11.8 Å². The Morgan fingerprint density at radius 2 is 2.06 bits per heavy atom. The Labute approximate surface area is 207 Å². The number of amides is 1. The van der Waals surface area contributed by atoms with E-state index < -0.39 is 0 Å². The van der Waals surface area contributed by atoms with Crippen LogP contribution >= 0.6 is 11.3 Å². The van der Waals surface area contributed by atoms with Gasteiger partial charge in [0.05, 0.1) is 0 Å². The number of rotatable bonds is 10. The van der Waals surface area contributed by atoms with Crippen molar-refractivity contribution in [2.45, 2.75) is 84.8 Å². The molecule has 0 N–H and O–H groups in total. The van der Waals surface area contributed by atoms with Crippen molar-refractivity contribution < 1.29 is 9.59 Å². The van der Waals surface area contributed by atoms with E-state index in [4.69, 9.17) is 5.26 Å². The second-order valence-corrected chi connectivity index (χ2v) is 10.1. The van der Waals surface area contributed by atoms with Gasteiger partial charge in [-0.3, -0.25) is 9.59 Å².